The first kappa shape index (κ1) is 36.3. The molecule has 268 valence electrons. The number of allylic oxidation sites excluding steroid dienone is 2. The van der Waals surface area contributed by atoms with Crippen molar-refractivity contribution >= 4 is 37.8 Å². The minimum absolute atomic E-state index is 0.0502. The summed E-state index contributed by atoms with van der Waals surface area (Å²) in [6.45, 7) is 14.8. The number of aliphatic hydroxyl groups is 1. The van der Waals surface area contributed by atoms with Crippen LogP contribution in [0.3, 0.4) is 0 Å². The summed E-state index contributed by atoms with van der Waals surface area (Å²) in [5.74, 6) is -5.11. The Morgan fingerprint density at radius 1 is 0.740 bits per heavy atom. The molecule has 4 aliphatic carbocycles. The minimum Gasteiger partial charge on any atom is -0.479 e. The summed E-state index contributed by atoms with van der Waals surface area (Å²) in [4.78, 5) is 40.6. The van der Waals surface area contributed by atoms with E-state index in [1.54, 1.807) is 45.9 Å². The summed E-state index contributed by atoms with van der Waals surface area (Å²) >= 11 is 0. The zero-order chi connectivity index (χ0) is 37.1. The molecule has 4 fully saturated rings. The highest BCUT2D eigenvalue weighted by molar-refractivity contribution is 7.86. The maximum absolute atomic E-state index is 14.1. The molecule has 50 heavy (non-hydrogen) atoms. The van der Waals surface area contributed by atoms with E-state index in [0.29, 0.717) is 12.8 Å². The summed E-state index contributed by atoms with van der Waals surface area (Å²) in [5, 5.41) is 17.6. The molecule has 0 aromatic heterocycles. The Morgan fingerprint density at radius 2 is 1.20 bits per heavy atom. The van der Waals surface area contributed by atoms with Gasteiger partial charge in [0.1, 0.15) is 10.5 Å². The van der Waals surface area contributed by atoms with Crippen LogP contribution >= 0.6 is 0 Å². The first-order valence-electron chi connectivity index (χ1n) is 16.5. The van der Waals surface area contributed by atoms with E-state index in [0.717, 1.165) is 0 Å². The molecule has 4 bridgehead atoms. The largest absolute Gasteiger partial charge is 0.479 e. The van der Waals surface area contributed by atoms with Gasteiger partial charge in [0.2, 0.25) is 0 Å². The molecule has 4 saturated carbocycles. The fourth-order valence-corrected chi connectivity index (χ4v) is 13.9. The first-order valence-corrected chi connectivity index (χ1v) is 19.5. The molecule has 0 spiro atoms. The van der Waals surface area contributed by atoms with Gasteiger partial charge in [-0.2, -0.15) is 16.8 Å². The Labute approximate surface area is 292 Å². The number of carbonyl (C=O) groups excluding carboxylic acids is 2. The first-order chi connectivity index (χ1) is 23.0. The van der Waals surface area contributed by atoms with E-state index in [2.05, 4.69) is 13.2 Å². The van der Waals surface area contributed by atoms with Gasteiger partial charge in [0.05, 0.1) is 10.8 Å². The zero-order valence-electron chi connectivity index (χ0n) is 28.3. The molecule has 4 N–H and O–H groups in total. The van der Waals surface area contributed by atoms with Crippen molar-refractivity contribution in [3.05, 3.63) is 95.1 Å². The van der Waals surface area contributed by atoms with Gasteiger partial charge in [-0.15, -0.1) is 0 Å². The molecule has 8 unspecified atom stereocenters. The SMILES string of the molecule is C=C1C(=O)C2(C(c3ccc(C(C45CCC(C(=C)C4=O)C5(C)C)S(=O)(=O)O)c(C(c4ccccc4)C(O)C(=O)O)c3)S(=O)(=O)O)CCC1C2(C)C. The van der Waals surface area contributed by atoms with Gasteiger partial charge >= 0.3 is 5.97 Å². The van der Waals surface area contributed by atoms with Crippen LogP contribution in [0.5, 0.6) is 0 Å². The lowest BCUT2D eigenvalue weighted by Crippen LogP contribution is -2.46. The van der Waals surface area contributed by atoms with Crippen LogP contribution in [0.1, 0.15) is 92.0 Å². The topological polar surface area (TPSA) is 200 Å². The molecule has 4 aliphatic rings. The summed E-state index contributed by atoms with van der Waals surface area (Å²) in [6, 6.07) is 11.4. The van der Waals surface area contributed by atoms with Crippen LogP contribution in [0.4, 0.5) is 0 Å². The smallest absolute Gasteiger partial charge is 0.333 e. The lowest BCUT2D eigenvalue weighted by molar-refractivity contribution is -0.147. The zero-order valence-corrected chi connectivity index (χ0v) is 29.9. The number of benzene rings is 2. The highest BCUT2D eigenvalue weighted by Crippen LogP contribution is 2.73. The second-order valence-corrected chi connectivity index (χ2v) is 18.6. The monoisotopic (exact) mass is 726 g/mol. The number of rotatable bonds is 10. The summed E-state index contributed by atoms with van der Waals surface area (Å²) in [5.41, 5.74) is -5.40. The number of carboxylic acid groups (broad SMARTS) is 1. The minimum atomic E-state index is -5.20. The van der Waals surface area contributed by atoms with Crippen LogP contribution in [0, 0.1) is 33.5 Å². The standard InChI is InChI=1S/C37H42O11S2/c1-19-25-14-16-36(29(19)39,34(25,3)4)31(49(43,44)45)22-12-13-23(24(18-22)27(28(38)33(41)42)21-10-8-7-9-11-21)32(50(46,47)48)37-17-15-26(35(37,5)6)20(2)30(37)40/h7-13,18,25-28,31-32,38H,1-2,14-17H2,3-6H3,(H,41,42)(H,43,44,45)(H,46,47,48). The van der Waals surface area contributed by atoms with Gasteiger partial charge < -0.3 is 10.2 Å². The maximum Gasteiger partial charge on any atom is 0.333 e. The van der Waals surface area contributed by atoms with Crippen molar-refractivity contribution in [2.24, 2.45) is 33.5 Å². The summed E-state index contributed by atoms with van der Waals surface area (Å²) in [6.07, 6.45) is -1.27. The number of fused-ring (bicyclic) bond motifs is 4. The molecule has 0 saturated heterocycles. The number of ketones is 2. The molecule has 2 aromatic carbocycles. The lowest BCUT2D eigenvalue weighted by Gasteiger charge is -2.43. The molecule has 13 heteroatoms. The third-order valence-electron chi connectivity index (χ3n) is 13.2. The number of Topliss-reactive ketones (excluding diaryl/α,β-unsaturated/α-hetero) is 2. The van der Waals surface area contributed by atoms with Crippen LogP contribution in [0.25, 0.3) is 0 Å². The molecule has 0 amide bonds. The highest BCUT2D eigenvalue weighted by atomic mass is 32.2. The highest BCUT2D eigenvalue weighted by Gasteiger charge is 2.73. The molecular weight excluding hydrogens is 685 g/mol. The quantitative estimate of drug-likeness (QED) is 0.184. The number of hydrogen-bond acceptors (Lipinski definition) is 8. The molecule has 11 nitrogen and oxygen atoms in total. The number of aliphatic hydroxyl groups excluding tert-OH is 1. The van der Waals surface area contributed by atoms with Gasteiger partial charge in [0.25, 0.3) is 20.2 Å². The van der Waals surface area contributed by atoms with Gasteiger partial charge in [-0.3, -0.25) is 18.7 Å². The van der Waals surface area contributed by atoms with Crippen molar-refractivity contribution < 1.29 is 50.5 Å². The molecular formula is C37H42O11S2. The van der Waals surface area contributed by atoms with Gasteiger partial charge in [0, 0.05) is 5.92 Å². The third kappa shape index (κ3) is 4.59. The van der Waals surface area contributed by atoms with Crippen LogP contribution < -0.4 is 0 Å². The summed E-state index contributed by atoms with van der Waals surface area (Å²) < 4.78 is 76.5. The molecule has 0 heterocycles. The van der Waals surface area contributed by atoms with Crippen LogP contribution in [0.15, 0.2) is 72.8 Å². The van der Waals surface area contributed by atoms with Crippen molar-refractivity contribution in [3.8, 4) is 0 Å². The van der Waals surface area contributed by atoms with Crippen LogP contribution in [-0.4, -0.2) is 59.8 Å². The van der Waals surface area contributed by atoms with Crippen LogP contribution in [0.2, 0.25) is 0 Å². The Hall–Kier alpha value is -3.49. The van der Waals surface area contributed by atoms with Gasteiger partial charge in [-0.1, -0.05) is 89.4 Å². The lowest BCUT2D eigenvalue weighted by atomic mass is 9.63. The number of aliphatic carboxylic acids is 1. The van der Waals surface area contributed by atoms with Crippen molar-refractivity contribution in [2.45, 2.75) is 75.9 Å². The fourth-order valence-electron chi connectivity index (χ4n) is 10.8. The van der Waals surface area contributed by atoms with E-state index >= 15 is 0 Å². The second kappa shape index (κ2) is 11.3. The van der Waals surface area contributed by atoms with Gasteiger partial charge in [-0.05, 0) is 81.7 Å². The third-order valence-corrected chi connectivity index (χ3v) is 15.7. The predicted molar refractivity (Wildman–Crippen MR) is 183 cm³/mol. The molecule has 0 radical (unpaired) electrons. The Morgan fingerprint density at radius 3 is 1.60 bits per heavy atom. The van der Waals surface area contributed by atoms with E-state index in [9.17, 15) is 50.5 Å². The molecule has 2 aromatic rings. The second-order valence-electron chi connectivity index (χ2n) is 15.6. The Bertz CT molecular complexity index is 2080. The molecule has 8 atom stereocenters. The van der Waals surface area contributed by atoms with Crippen molar-refractivity contribution in [1.29, 1.82) is 0 Å². The number of hydrogen-bond donors (Lipinski definition) is 4. The van der Waals surface area contributed by atoms with Crippen molar-refractivity contribution in [3.63, 3.8) is 0 Å². The summed E-state index contributed by atoms with van der Waals surface area (Å²) in [7, 11) is -10.3. The average Bonchev–Trinajstić information content (AvgIpc) is 3.53. The van der Waals surface area contributed by atoms with Crippen LogP contribution in [-0.2, 0) is 34.6 Å². The van der Waals surface area contributed by atoms with E-state index in [1.807, 2.05) is 0 Å². The van der Waals surface area contributed by atoms with E-state index in [-0.39, 0.29) is 52.2 Å². The predicted octanol–water partition coefficient (Wildman–Crippen LogP) is 5.24. The normalized spacial score (nSPS) is 30.8. The van der Waals surface area contributed by atoms with Crippen molar-refractivity contribution in [2.75, 3.05) is 0 Å². The Kier molecular flexibility index (Phi) is 8.17. The van der Waals surface area contributed by atoms with E-state index < -0.39 is 87.9 Å². The van der Waals surface area contributed by atoms with E-state index in [4.69, 9.17) is 0 Å². The number of carbonyl (C=O) groups is 3. The van der Waals surface area contributed by atoms with Crippen molar-refractivity contribution in [1.82, 2.24) is 0 Å². The maximum atomic E-state index is 14.1. The molecule has 6 rings (SSSR count). The van der Waals surface area contributed by atoms with Gasteiger partial charge in [-0.25, -0.2) is 4.79 Å². The average molecular weight is 727 g/mol. The van der Waals surface area contributed by atoms with E-state index in [1.165, 1.54) is 30.3 Å². The fraction of sp³-hybridized carbons (Fsp3) is 0.486. The molecule has 0 aliphatic heterocycles. The Balaban J connectivity index is 1.72. The van der Waals surface area contributed by atoms with Gasteiger partial charge in [0.15, 0.2) is 17.7 Å². The number of carboxylic acids is 1.